The second-order valence-electron chi connectivity index (χ2n) is 9.00. The molecule has 0 aliphatic carbocycles. The Balaban J connectivity index is 2.53. The van der Waals surface area contributed by atoms with E-state index in [0.29, 0.717) is 32.2 Å². The third-order valence-corrected chi connectivity index (χ3v) is 5.12. The van der Waals surface area contributed by atoms with Crippen molar-refractivity contribution in [1.29, 1.82) is 0 Å². The summed E-state index contributed by atoms with van der Waals surface area (Å²) in [7, 11) is 0. The van der Waals surface area contributed by atoms with Gasteiger partial charge in [-0.1, -0.05) is 27.7 Å². The fourth-order valence-electron chi connectivity index (χ4n) is 3.55. The van der Waals surface area contributed by atoms with E-state index in [1.807, 2.05) is 27.7 Å². The average molecular weight is 456 g/mol. The minimum Gasteiger partial charge on any atom is -0.480 e. The van der Waals surface area contributed by atoms with Crippen molar-refractivity contribution < 1.29 is 29.1 Å². The summed E-state index contributed by atoms with van der Waals surface area (Å²) in [6.45, 7) is 7.30. The molecule has 6 N–H and O–H groups in total. The molecule has 1 saturated heterocycles. The maximum atomic E-state index is 12.5. The Bertz CT molecular complexity index is 696. The number of carbonyl (C=O) groups excluding carboxylic acids is 4. The van der Waals surface area contributed by atoms with Crippen LogP contribution in [-0.2, 0) is 24.0 Å². The van der Waals surface area contributed by atoms with Crippen LogP contribution in [0.3, 0.4) is 0 Å². The summed E-state index contributed by atoms with van der Waals surface area (Å²) >= 11 is 0. The smallest absolute Gasteiger partial charge is 0.326 e. The van der Waals surface area contributed by atoms with Crippen LogP contribution in [0.25, 0.3) is 0 Å². The van der Waals surface area contributed by atoms with Gasteiger partial charge in [-0.2, -0.15) is 0 Å². The van der Waals surface area contributed by atoms with Gasteiger partial charge in [0, 0.05) is 6.54 Å². The molecule has 3 atom stereocenters. The van der Waals surface area contributed by atoms with Gasteiger partial charge in [-0.05, 0) is 37.5 Å². The Morgan fingerprint density at radius 2 is 1.59 bits per heavy atom. The van der Waals surface area contributed by atoms with E-state index in [4.69, 9.17) is 10.8 Å². The van der Waals surface area contributed by atoms with Gasteiger partial charge in [0.1, 0.15) is 12.1 Å². The number of carbonyl (C=O) groups is 5. The van der Waals surface area contributed by atoms with E-state index in [9.17, 15) is 24.0 Å². The van der Waals surface area contributed by atoms with Crippen molar-refractivity contribution in [3.05, 3.63) is 0 Å². The fourth-order valence-corrected chi connectivity index (χ4v) is 3.55. The van der Waals surface area contributed by atoms with Crippen LogP contribution in [0.15, 0.2) is 0 Å². The summed E-state index contributed by atoms with van der Waals surface area (Å²) in [5, 5.41) is 16.7. The standard InChI is InChI=1S/C21H37N5O6/c1-12(2)8-14(22)19(29)25-15(9-13(3)4)20(30)24-10-17(27)23-11-18(28)26-7-5-6-16(26)21(31)32/h12-16H,5-11,22H2,1-4H3,(H,23,27)(H,24,30)(H,25,29)(H,31,32). The number of nitrogens with two attached hydrogens (primary N) is 1. The molecule has 0 spiro atoms. The van der Waals surface area contributed by atoms with Gasteiger partial charge in [-0.3, -0.25) is 19.2 Å². The molecule has 32 heavy (non-hydrogen) atoms. The lowest BCUT2D eigenvalue weighted by Gasteiger charge is -2.23. The molecule has 1 heterocycles. The second-order valence-corrected chi connectivity index (χ2v) is 9.00. The fraction of sp³-hybridized carbons (Fsp3) is 0.762. The topological polar surface area (TPSA) is 171 Å². The van der Waals surface area contributed by atoms with Gasteiger partial charge in [0.05, 0.1) is 19.1 Å². The Kier molecular flexibility index (Phi) is 11.1. The first-order valence-corrected chi connectivity index (χ1v) is 11.0. The highest BCUT2D eigenvalue weighted by molar-refractivity contribution is 5.93. The van der Waals surface area contributed by atoms with Crippen molar-refractivity contribution in [3.8, 4) is 0 Å². The lowest BCUT2D eigenvalue weighted by molar-refractivity contribution is -0.148. The van der Waals surface area contributed by atoms with Crippen LogP contribution in [0.4, 0.5) is 0 Å². The SMILES string of the molecule is CC(C)CC(N)C(=O)NC(CC(C)C)C(=O)NCC(=O)NCC(=O)N1CCCC1C(=O)O. The van der Waals surface area contributed by atoms with Crippen LogP contribution < -0.4 is 21.7 Å². The number of hydrogen-bond acceptors (Lipinski definition) is 6. The van der Waals surface area contributed by atoms with Gasteiger partial charge in [-0.25, -0.2) is 4.79 Å². The normalized spacial score (nSPS) is 17.7. The molecule has 0 aromatic carbocycles. The molecule has 0 aromatic heterocycles. The molecule has 0 bridgehead atoms. The third-order valence-electron chi connectivity index (χ3n) is 5.12. The maximum Gasteiger partial charge on any atom is 0.326 e. The van der Waals surface area contributed by atoms with Gasteiger partial charge in [0.2, 0.25) is 23.6 Å². The zero-order chi connectivity index (χ0) is 24.4. The summed E-state index contributed by atoms with van der Waals surface area (Å²) in [6.07, 6.45) is 1.83. The van der Waals surface area contributed by atoms with Crippen molar-refractivity contribution in [2.24, 2.45) is 17.6 Å². The van der Waals surface area contributed by atoms with Crippen molar-refractivity contribution in [3.63, 3.8) is 0 Å². The Hall–Kier alpha value is -2.69. The first-order chi connectivity index (χ1) is 14.9. The summed E-state index contributed by atoms with van der Waals surface area (Å²) < 4.78 is 0. The van der Waals surface area contributed by atoms with E-state index in [1.165, 1.54) is 4.90 Å². The van der Waals surface area contributed by atoms with Crippen molar-refractivity contribution in [1.82, 2.24) is 20.9 Å². The Morgan fingerprint density at radius 1 is 0.969 bits per heavy atom. The van der Waals surface area contributed by atoms with Crippen molar-refractivity contribution in [2.75, 3.05) is 19.6 Å². The van der Waals surface area contributed by atoms with Crippen LogP contribution in [0.1, 0.15) is 53.4 Å². The zero-order valence-electron chi connectivity index (χ0n) is 19.3. The first-order valence-electron chi connectivity index (χ1n) is 11.0. The van der Waals surface area contributed by atoms with Gasteiger partial charge in [0.15, 0.2) is 0 Å². The predicted molar refractivity (Wildman–Crippen MR) is 117 cm³/mol. The third kappa shape index (κ3) is 9.21. The highest BCUT2D eigenvalue weighted by Crippen LogP contribution is 2.17. The Morgan fingerprint density at radius 3 is 2.16 bits per heavy atom. The van der Waals surface area contributed by atoms with Crippen LogP contribution in [-0.4, -0.2) is 77.4 Å². The number of nitrogens with zero attached hydrogens (tertiary/aromatic N) is 1. The number of hydrogen-bond donors (Lipinski definition) is 5. The molecule has 11 heteroatoms. The number of nitrogens with one attached hydrogen (secondary N) is 3. The first kappa shape index (κ1) is 27.3. The predicted octanol–water partition coefficient (Wildman–Crippen LogP) is -0.801. The summed E-state index contributed by atoms with van der Waals surface area (Å²) in [5.41, 5.74) is 5.89. The van der Waals surface area contributed by atoms with Gasteiger partial charge < -0.3 is 31.7 Å². The lowest BCUT2D eigenvalue weighted by atomic mass is 10.0. The molecule has 1 aliphatic heterocycles. The summed E-state index contributed by atoms with van der Waals surface area (Å²) in [5.74, 6) is -2.75. The molecule has 4 amide bonds. The number of carboxylic acid groups (broad SMARTS) is 1. The summed E-state index contributed by atoms with van der Waals surface area (Å²) in [4.78, 5) is 61.5. The minimum absolute atomic E-state index is 0.112. The van der Waals surface area contributed by atoms with Crippen LogP contribution in [0.2, 0.25) is 0 Å². The molecule has 1 rings (SSSR count). The molecular formula is C21H37N5O6. The quantitative estimate of drug-likeness (QED) is 0.256. The zero-order valence-corrected chi connectivity index (χ0v) is 19.3. The monoisotopic (exact) mass is 455 g/mol. The van der Waals surface area contributed by atoms with Crippen LogP contribution in [0, 0.1) is 11.8 Å². The highest BCUT2D eigenvalue weighted by Gasteiger charge is 2.33. The van der Waals surface area contributed by atoms with Crippen molar-refractivity contribution in [2.45, 2.75) is 71.5 Å². The molecule has 3 unspecified atom stereocenters. The maximum absolute atomic E-state index is 12.5. The average Bonchev–Trinajstić information content (AvgIpc) is 3.19. The van der Waals surface area contributed by atoms with E-state index >= 15 is 0 Å². The van der Waals surface area contributed by atoms with Gasteiger partial charge >= 0.3 is 5.97 Å². The number of amides is 4. The van der Waals surface area contributed by atoms with Crippen molar-refractivity contribution >= 4 is 29.6 Å². The second kappa shape index (κ2) is 13.0. The molecule has 0 aromatic rings. The number of likely N-dealkylation sites (tertiary alicyclic amines) is 1. The number of carboxylic acids is 1. The van der Waals surface area contributed by atoms with E-state index in [0.717, 1.165) is 0 Å². The molecule has 1 fully saturated rings. The van der Waals surface area contributed by atoms with Crippen LogP contribution >= 0.6 is 0 Å². The largest absolute Gasteiger partial charge is 0.480 e. The minimum atomic E-state index is -1.07. The number of rotatable bonds is 12. The molecule has 0 radical (unpaired) electrons. The van der Waals surface area contributed by atoms with Gasteiger partial charge in [0.25, 0.3) is 0 Å². The lowest BCUT2D eigenvalue weighted by Crippen LogP contribution is -2.53. The van der Waals surface area contributed by atoms with E-state index in [1.54, 1.807) is 0 Å². The molecule has 1 aliphatic rings. The Labute approximate surface area is 188 Å². The molecular weight excluding hydrogens is 418 g/mol. The summed E-state index contributed by atoms with van der Waals surface area (Å²) in [6, 6.07) is -2.44. The van der Waals surface area contributed by atoms with E-state index in [-0.39, 0.29) is 24.9 Å². The molecule has 182 valence electrons. The molecule has 0 saturated carbocycles. The molecule has 11 nitrogen and oxygen atoms in total. The number of aliphatic carboxylic acids is 1. The van der Waals surface area contributed by atoms with Gasteiger partial charge in [-0.15, -0.1) is 0 Å². The van der Waals surface area contributed by atoms with E-state index < -0.39 is 47.7 Å². The van der Waals surface area contributed by atoms with Crippen LogP contribution in [0.5, 0.6) is 0 Å². The van der Waals surface area contributed by atoms with E-state index in [2.05, 4.69) is 16.0 Å². The highest BCUT2D eigenvalue weighted by atomic mass is 16.4.